The summed E-state index contributed by atoms with van der Waals surface area (Å²) in [6.45, 7) is 2.62. The van der Waals surface area contributed by atoms with Crippen LogP contribution in [0.25, 0.3) is 22.3 Å². The Balaban J connectivity index is 1.60. The van der Waals surface area contributed by atoms with Crippen LogP contribution in [-0.4, -0.2) is 35.9 Å². The Morgan fingerprint density at radius 3 is 2.48 bits per heavy atom. The summed E-state index contributed by atoms with van der Waals surface area (Å²) in [6.07, 6.45) is 0. The molecular weight excluding hydrogens is 418 g/mol. The van der Waals surface area contributed by atoms with E-state index in [9.17, 15) is 9.59 Å². The molecule has 1 amide bonds. The lowest BCUT2D eigenvalue weighted by Gasteiger charge is -2.24. The molecule has 5 rings (SSSR count). The highest BCUT2D eigenvalue weighted by Crippen LogP contribution is 2.42. The summed E-state index contributed by atoms with van der Waals surface area (Å²) in [5.41, 5.74) is 1.71. The summed E-state index contributed by atoms with van der Waals surface area (Å²) in [7, 11) is 1.44. The van der Waals surface area contributed by atoms with Crippen LogP contribution in [0.1, 0.15) is 22.8 Å². The number of fused-ring (bicyclic) bond motifs is 3. The van der Waals surface area contributed by atoms with Crippen LogP contribution in [0.15, 0.2) is 77.6 Å². The predicted molar refractivity (Wildman–Crippen MR) is 126 cm³/mol. The van der Waals surface area contributed by atoms with Gasteiger partial charge in [0.25, 0.3) is 11.5 Å². The molecule has 1 aliphatic rings. The van der Waals surface area contributed by atoms with Crippen LogP contribution < -0.4 is 20.5 Å². The van der Waals surface area contributed by atoms with E-state index in [-0.39, 0.29) is 11.5 Å². The second-order valence-corrected chi connectivity index (χ2v) is 8.31. The molecule has 1 aromatic heterocycles. The number of hydrogen-bond acceptors (Lipinski definition) is 5. The van der Waals surface area contributed by atoms with Crippen LogP contribution in [0.3, 0.4) is 0 Å². The Labute approximate surface area is 190 Å². The molecule has 0 bridgehead atoms. The van der Waals surface area contributed by atoms with Crippen LogP contribution in [0.4, 0.5) is 0 Å². The SMILES string of the molecule is COn1c(-c2ccccc2)nc2ccc3c(c2c1=O)[C@@](C)(CNC(=O)c1ccccc1)CO3. The van der Waals surface area contributed by atoms with Gasteiger partial charge in [-0.3, -0.25) is 9.59 Å². The van der Waals surface area contributed by atoms with Gasteiger partial charge in [0, 0.05) is 28.7 Å². The quantitative estimate of drug-likeness (QED) is 0.514. The third-order valence-corrected chi connectivity index (χ3v) is 6.00. The van der Waals surface area contributed by atoms with Gasteiger partial charge in [-0.15, -0.1) is 4.73 Å². The zero-order valence-electron chi connectivity index (χ0n) is 18.4. The molecule has 1 N–H and O–H groups in total. The zero-order chi connectivity index (χ0) is 23.0. The number of hydrogen-bond donors (Lipinski definition) is 1. The highest BCUT2D eigenvalue weighted by atomic mass is 16.7. The minimum Gasteiger partial charge on any atom is -0.492 e. The third-order valence-electron chi connectivity index (χ3n) is 6.00. The molecule has 1 aliphatic heterocycles. The van der Waals surface area contributed by atoms with Crippen molar-refractivity contribution in [3.05, 3.63) is 94.3 Å². The fourth-order valence-corrected chi connectivity index (χ4v) is 4.31. The fraction of sp³-hybridized carbons (Fsp3) is 0.192. The number of carbonyl (C=O) groups excluding carboxylic acids is 1. The normalized spacial score (nSPS) is 16.8. The topological polar surface area (TPSA) is 82.5 Å². The third kappa shape index (κ3) is 3.51. The fourth-order valence-electron chi connectivity index (χ4n) is 4.31. The lowest BCUT2D eigenvalue weighted by atomic mass is 9.82. The molecule has 166 valence electrons. The van der Waals surface area contributed by atoms with Crippen molar-refractivity contribution in [3.8, 4) is 17.1 Å². The Hall–Kier alpha value is -4.13. The predicted octanol–water partition coefficient (Wildman–Crippen LogP) is 3.20. The second kappa shape index (κ2) is 8.09. The van der Waals surface area contributed by atoms with E-state index in [1.165, 1.54) is 11.8 Å². The zero-order valence-corrected chi connectivity index (χ0v) is 18.4. The summed E-state index contributed by atoms with van der Waals surface area (Å²) in [6, 6.07) is 22.1. The Morgan fingerprint density at radius 2 is 1.79 bits per heavy atom. The van der Waals surface area contributed by atoms with Gasteiger partial charge in [-0.05, 0) is 24.3 Å². The molecule has 0 saturated carbocycles. The summed E-state index contributed by atoms with van der Waals surface area (Å²) in [4.78, 5) is 36.5. The summed E-state index contributed by atoms with van der Waals surface area (Å²) >= 11 is 0. The molecule has 0 radical (unpaired) electrons. The average Bonchev–Trinajstić information content (AvgIpc) is 3.20. The van der Waals surface area contributed by atoms with Gasteiger partial charge in [0.1, 0.15) is 12.9 Å². The molecule has 4 aromatic rings. The van der Waals surface area contributed by atoms with E-state index in [1.54, 1.807) is 18.2 Å². The monoisotopic (exact) mass is 441 g/mol. The maximum absolute atomic E-state index is 13.6. The van der Waals surface area contributed by atoms with Crippen molar-refractivity contribution in [1.29, 1.82) is 0 Å². The number of ether oxygens (including phenoxy) is 1. The van der Waals surface area contributed by atoms with E-state index in [2.05, 4.69) is 5.32 Å². The standard InChI is InChI=1S/C26H23N3O4/c1-26(15-27-24(30)18-11-7-4-8-12-18)16-33-20-14-13-19-21(22(20)26)25(31)29(32-2)23(28-19)17-9-5-3-6-10-17/h3-14H,15-16H2,1-2H3,(H,27,30)/t26-/m0/s1. The average molecular weight is 441 g/mol. The molecule has 3 aromatic carbocycles. The second-order valence-electron chi connectivity index (χ2n) is 8.31. The Bertz CT molecular complexity index is 1400. The first-order chi connectivity index (χ1) is 16.0. The van der Waals surface area contributed by atoms with Gasteiger partial charge in [0.15, 0.2) is 5.82 Å². The molecule has 0 saturated heterocycles. The van der Waals surface area contributed by atoms with Gasteiger partial charge in [-0.2, -0.15) is 0 Å². The van der Waals surface area contributed by atoms with Crippen molar-refractivity contribution in [2.75, 3.05) is 20.3 Å². The molecular formula is C26H23N3O4. The number of nitrogens with one attached hydrogen (secondary N) is 1. The maximum Gasteiger partial charge on any atom is 0.294 e. The number of amides is 1. The summed E-state index contributed by atoms with van der Waals surface area (Å²) in [5, 5.41) is 3.43. The first-order valence-electron chi connectivity index (χ1n) is 10.7. The molecule has 0 spiro atoms. The van der Waals surface area contributed by atoms with Gasteiger partial charge in [-0.1, -0.05) is 55.5 Å². The minimum absolute atomic E-state index is 0.177. The van der Waals surface area contributed by atoms with E-state index < -0.39 is 5.41 Å². The van der Waals surface area contributed by atoms with E-state index in [0.717, 1.165) is 11.1 Å². The van der Waals surface area contributed by atoms with Gasteiger partial charge >= 0.3 is 0 Å². The van der Waals surface area contributed by atoms with E-state index in [0.29, 0.717) is 41.2 Å². The first-order valence-corrected chi connectivity index (χ1v) is 10.7. The van der Waals surface area contributed by atoms with Gasteiger partial charge in [0.2, 0.25) is 0 Å². The number of benzene rings is 3. The number of nitrogens with zero attached hydrogens (tertiary/aromatic N) is 2. The van der Waals surface area contributed by atoms with Crippen molar-refractivity contribution in [2.45, 2.75) is 12.3 Å². The lowest BCUT2D eigenvalue weighted by molar-refractivity contribution is 0.0941. The van der Waals surface area contributed by atoms with Gasteiger partial charge < -0.3 is 14.9 Å². The largest absolute Gasteiger partial charge is 0.492 e. The van der Waals surface area contributed by atoms with Crippen molar-refractivity contribution in [1.82, 2.24) is 15.0 Å². The molecule has 2 heterocycles. The molecule has 0 fully saturated rings. The van der Waals surface area contributed by atoms with Crippen molar-refractivity contribution < 1.29 is 14.4 Å². The first kappa shape index (κ1) is 20.8. The number of carbonyl (C=O) groups is 1. The van der Waals surface area contributed by atoms with E-state index >= 15 is 0 Å². The van der Waals surface area contributed by atoms with Gasteiger partial charge in [-0.25, -0.2) is 4.98 Å². The van der Waals surface area contributed by atoms with Crippen LogP contribution >= 0.6 is 0 Å². The molecule has 0 aliphatic carbocycles. The number of aromatic nitrogens is 2. The molecule has 1 atom stereocenters. The lowest BCUT2D eigenvalue weighted by Crippen LogP contribution is -2.40. The van der Waals surface area contributed by atoms with Crippen molar-refractivity contribution in [3.63, 3.8) is 0 Å². The molecule has 7 heteroatoms. The molecule has 7 nitrogen and oxygen atoms in total. The smallest absolute Gasteiger partial charge is 0.294 e. The van der Waals surface area contributed by atoms with Crippen LogP contribution in [-0.2, 0) is 5.41 Å². The van der Waals surface area contributed by atoms with E-state index in [4.69, 9.17) is 14.6 Å². The Kier molecular flexibility index (Phi) is 5.09. The van der Waals surface area contributed by atoms with Crippen LogP contribution in [0, 0.1) is 0 Å². The van der Waals surface area contributed by atoms with Crippen LogP contribution in [0.5, 0.6) is 5.75 Å². The summed E-state index contributed by atoms with van der Waals surface area (Å²) < 4.78 is 7.14. The number of rotatable bonds is 5. The highest BCUT2D eigenvalue weighted by Gasteiger charge is 2.40. The minimum atomic E-state index is -0.611. The van der Waals surface area contributed by atoms with E-state index in [1.807, 2.05) is 61.5 Å². The van der Waals surface area contributed by atoms with Crippen LogP contribution in [0.2, 0.25) is 0 Å². The van der Waals surface area contributed by atoms with Crippen molar-refractivity contribution in [2.24, 2.45) is 0 Å². The highest BCUT2D eigenvalue weighted by molar-refractivity contribution is 5.94. The molecule has 0 unspecified atom stereocenters. The Morgan fingerprint density at radius 1 is 1.09 bits per heavy atom. The molecule has 33 heavy (non-hydrogen) atoms. The maximum atomic E-state index is 13.6. The summed E-state index contributed by atoms with van der Waals surface area (Å²) in [5.74, 6) is 0.867. The van der Waals surface area contributed by atoms with Crippen molar-refractivity contribution >= 4 is 16.8 Å². The van der Waals surface area contributed by atoms with Gasteiger partial charge in [0.05, 0.1) is 17.5 Å².